The molecule has 0 amide bonds. The lowest BCUT2D eigenvalue weighted by molar-refractivity contribution is -0.718. The highest BCUT2D eigenvalue weighted by molar-refractivity contribution is 5.37. The third-order valence-corrected chi connectivity index (χ3v) is 5.89. The third-order valence-electron chi connectivity index (χ3n) is 5.89. The van der Waals surface area contributed by atoms with Gasteiger partial charge >= 0.3 is 0 Å². The van der Waals surface area contributed by atoms with Gasteiger partial charge in [0.05, 0.1) is 6.04 Å². The molecule has 3 aromatic carbocycles. The van der Waals surface area contributed by atoms with E-state index in [1.807, 2.05) is 60.7 Å². The van der Waals surface area contributed by atoms with Crippen molar-refractivity contribution in [1.29, 1.82) is 0 Å². The Balaban J connectivity index is 1.63. The maximum Gasteiger partial charge on any atom is 0.278 e. The van der Waals surface area contributed by atoms with Crippen LogP contribution in [0.3, 0.4) is 0 Å². The van der Waals surface area contributed by atoms with Crippen LogP contribution in [0.2, 0.25) is 0 Å². The number of benzene rings is 3. The summed E-state index contributed by atoms with van der Waals surface area (Å²) in [6.45, 7) is 0. The first-order chi connectivity index (χ1) is 15.5. The highest BCUT2D eigenvalue weighted by atomic mass is 19.2. The van der Waals surface area contributed by atoms with Crippen molar-refractivity contribution in [3.63, 3.8) is 0 Å². The molecule has 1 aliphatic heterocycles. The number of fused-ring (bicyclic) bond motifs is 1. The molecule has 5 rings (SSSR count). The topological polar surface area (TPSA) is 21.7 Å². The molecule has 162 valence electrons. The summed E-state index contributed by atoms with van der Waals surface area (Å²) >= 11 is 0. The average molecular weight is 442 g/mol. The van der Waals surface area contributed by atoms with E-state index in [2.05, 4.69) is 5.10 Å². The second-order valence-electron chi connectivity index (χ2n) is 7.71. The van der Waals surface area contributed by atoms with Crippen LogP contribution in [0.5, 0.6) is 0 Å². The Morgan fingerprint density at radius 1 is 0.750 bits per heavy atom. The summed E-state index contributed by atoms with van der Waals surface area (Å²) in [7, 11) is 0. The molecular weight excluding hydrogens is 425 g/mol. The second kappa shape index (κ2) is 7.85. The van der Waals surface area contributed by atoms with Gasteiger partial charge in [0.1, 0.15) is 0 Å². The lowest BCUT2D eigenvalue weighted by Gasteiger charge is -2.23. The van der Waals surface area contributed by atoms with Gasteiger partial charge in [-0.05, 0) is 17.5 Å². The van der Waals surface area contributed by atoms with Crippen LogP contribution in [0.1, 0.15) is 35.3 Å². The molecule has 1 atom stereocenters. The Morgan fingerprint density at radius 2 is 1.25 bits per heavy atom. The molecular formula is C24H17F5N3+. The molecule has 0 bridgehead atoms. The summed E-state index contributed by atoms with van der Waals surface area (Å²) in [5, 5.41) is 4.16. The molecule has 0 N–H and O–H groups in total. The summed E-state index contributed by atoms with van der Waals surface area (Å²) in [4.78, 5) is 0. The van der Waals surface area contributed by atoms with Crippen LogP contribution >= 0.6 is 0 Å². The van der Waals surface area contributed by atoms with Crippen LogP contribution in [-0.4, -0.2) is 9.78 Å². The van der Waals surface area contributed by atoms with Crippen LogP contribution in [-0.2, 0) is 6.42 Å². The predicted octanol–water partition coefficient (Wildman–Crippen LogP) is 5.17. The smallest absolute Gasteiger partial charge is 0.230 e. The van der Waals surface area contributed by atoms with E-state index in [0.29, 0.717) is 18.7 Å². The van der Waals surface area contributed by atoms with Gasteiger partial charge in [0.2, 0.25) is 41.1 Å². The minimum Gasteiger partial charge on any atom is -0.230 e. The number of hydrogen-bond acceptors (Lipinski definition) is 1. The Morgan fingerprint density at radius 3 is 1.78 bits per heavy atom. The van der Waals surface area contributed by atoms with Crippen molar-refractivity contribution in [2.45, 2.75) is 24.8 Å². The molecule has 0 saturated carbocycles. The van der Waals surface area contributed by atoms with E-state index < -0.39 is 34.8 Å². The lowest BCUT2D eigenvalue weighted by atomic mass is 9.84. The Kier molecular flexibility index (Phi) is 5.00. The highest BCUT2D eigenvalue weighted by Crippen LogP contribution is 2.37. The second-order valence-corrected chi connectivity index (χ2v) is 7.71. The zero-order chi connectivity index (χ0) is 22.4. The van der Waals surface area contributed by atoms with Crippen molar-refractivity contribution >= 4 is 0 Å². The van der Waals surface area contributed by atoms with Crippen LogP contribution in [0.25, 0.3) is 5.69 Å². The lowest BCUT2D eigenvalue weighted by Crippen LogP contribution is -2.40. The van der Waals surface area contributed by atoms with E-state index in [1.54, 1.807) is 4.57 Å². The van der Waals surface area contributed by atoms with Crippen molar-refractivity contribution in [3.8, 4) is 5.69 Å². The van der Waals surface area contributed by atoms with Gasteiger partial charge in [-0.25, -0.2) is 17.7 Å². The largest absolute Gasteiger partial charge is 0.278 e. The van der Waals surface area contributed by atoms with Crippen molar-refractivity contribution < 1.29 is 26.5 Å². The zero-order valence-corrected chi connectivity index (χ0v) is 16.7. The first-order valence-electron chi connectivity index (χ1n) is 10.1. The van der Waals surface area contributed by atoms with Gasteiger partial charge in [0, 0.05) is 17.4 Å². The van der Waals surface area contributed by atoms with Crippen molar-refractivity contribution in [2.75, 3.05) is 0 Å². The molecule has 0 radical (unpaired) electrons. The standard InChI is InChI=1S/C24H17F5N3/c25-19-20(26)22(28)24(23(29)21(19)27)32-13-31-16(11-12-17(31)30-32)18(14-7-3-1-4-8-14)15-9-5-2-6-10-15/h1-10,13,16,18H,11-12H2/q+1. The van der Waals surface area contributed by atoms with Crippen molar-refractivity contribution in [2.24, 2.45) is 0 Å². The Hall–Kier alpha value is -3.55. The van der Waals surface area contributed by atoms with Gasteiger partial charge in [0.25, 0.3) is 5.82 Å². The molecule has 32 heavy (non-hydrogen) atoms. The molecule has 1 aliphatic rings. The quantitative estimate of drug-likeness (QED) is 0.185. The van der Waals surface area contributed by atoms with E-state index in [9.17, 15) is 22.0 Å². The van der Waals surface area contributed by atoms with Gasteiger partial charge in [-0.1, -0.05) is 65.3 Å². The first kappa shape index (κ1) is 20.4. The summed E-state index contributed by atoms with van der Waals surface area (Å²) in [5.74, 6) is -9.59. The monoisotopic (exact) mass is 442 g/mol. The molecule has 0 spiro atoms. The molecule has 8 heteroatoms. The summed E-state index contributed by atoms with van der Waals surface area (Å²) in [6, 6.07) is 19.4. The molecule has 1 aromatic heterocycles. The van der Waals surface area contributed by atoms with Crippen LogP contribution in [0, 0.1) is 29.1 Å². The number of rotatable bonds is 4. The average Bonchev–Trinajstić information content (AvgIpc) is 3.40. The fourth-order valence-electron chi connectivity index (χ4n) is 4.45. The number of halogens is 5. The molecule has 1 unspecified atom stereocenters. The summed E-state index contributed by atoms with van der Waals surface area (Å²) < 4.78 is 72.1. The van der Waals surface area contributed by atoms with Crippen molar-refractivity contribution in [1.82, 2.24) is 9.78 Å². The molecule has 3 nitrogen and oxygen atoms in total. The fraction of sp³-hybridized carbons (Fsp3) is 0.167. The summed E-state index contributed by atoms with van der Waals surface area (Å²) in [5.41, 5.74) is 1.01. The van der Waals surface area contributed by atoms with Crippen molar-refractivity contribution in [3.05, 3.63) is 113 Å². The van der Waals surface area contributed by atoms with Crippen LogP contribution < -0.4 is 4.57 Å². The van der Waals surface area contributed by atoms with Crippen LogP contribution in [0.4, 0.5) is 22.0 Å². The Labute approximate surface area is 180 Å². The van der Waals surface area contributed by atoms with Gasteiger partial charge < -0.3 is 0 Å². The number of aromatic nitrogens is 3. The third kappa shape index (κ3) is 3.18. The van der Waals surface area contributed by atoms with Gasteiger partial charge in [-0.3, -0.25) is 0 Å². The number of nitrogens with zero attached hydrogens (tertiary/aromatic N) is 3. The SMILES string of the molecule is Fc1c(F)c(F)c(-n2c[n+]3c(n2)CCC3C(c2ccccc2)c2ccccc2)c(F)c1F. The molecule has 4 aromatic rings. The van der Waals surface area contributed by atoms with Crippen LogP contribution in [0.15, 0.2) is 67.0 Å². The van der Waals surface area contributed by atoms with Gasteiger partial charge in [-0.15, -0.1) is 0 Å². The molecule has 0 fully saturated rings. The number of aryl methyl sites for hydroxylation is 1. The minimum absolute atomic E-state index is 0.0855. The van der Waals surface area contributed by atoms with E-state index >= 15 is 0 Å². The van der Waals surface area contributed by atoms with E-state index in [-0.39, 0.29) is 12.0 Å². The highest BCUT2D eigenvalue weighted by Gasteiger charge is 2.40. The van der Waals surface area contributed by atoms with E-state index in [4.69, 9.17) is 0 Å². The molecule has 2 heterocycles. The van der Waals surface area contributed by atoms with E-state index in [0.717, 1.165) is 15.8 Å². The van der Waals surface area contributed by atoms with Gasteiger partial charge in [-0.2, -0.15) is 8.78 Å². The first-order valence-corrected chi connectivity index (χ1v) is 10.1. The Bertz CT molecular complexity index is 1220. The van der Waals surface area contributed by atoms with Gasteiger partial charge in [0.15, 0.2) is 0 Å². The fourth-order valence-corrected chi connectivity index (χ4v) is 4.45. The van der Waals surface area contributed by atoms with E-state index in [1.165, 1.54) is 6.33 Å². The normalized spacial score (nSPS) is 15.4. The summed E-state index contributed by atoms with van der Waals surface area (Å²) in [6.07, 6.45) is 2.53. The number of hydrogen-bond donors (Lipinski definition) is 0. The minimum atomic E-state index is -2.19. The molecule has 0 aliphatic carbocycles. The zero-order valence-electron chi connectivity index (χ0n) is 16.7. The molecule has 0 saturated heterocycles. The predicted molar refractivity (Wildman–Crippen MR) is 106 cm³/mol. The maximum absolute atomic E-state index is 14.3. The maximum atomic E-state index is 14.3.